The van der Waals surface area contributed by atoms with Crippen LogP contribution in [0.15, 0.2) is 23.2 Å². The normalized spacial score (nSPS) is 16.4. The molecule has 0 saturated heterocycles. The minimum atomic E-state index is -4.76. The Kier molecular flexibility index (Phi) is 4.81. The molecule has 0 saturated carbocycles. The molecule has 25 heavy (non-hydrogen) atoms. The molecule has 0 spiro atoms. The van der Waals surface area contributed by atoms with E-state index in [1.54, 1.807) is 0 Å². The van der Waals surface area contributed by atoms with E-state index in [2.05, 4.69) is 4.99 Å². The molecule has 132 valence electrons. The SMILES string of the molecule is CC(=O)OSC1=NC(C)(C)C(=O)N1c1ccc(C#N)c(C(F)(F)F)c1. The van der Waals surface area contributed by atoms with Gasteiger partial charge in [0, 0.05) is 6.92 Å². The minimum Gasteiger partial charge on any atom is -0.383 e. The average molecular weight is 371 g/mol. The van der Waals surface area contributed by atoms with Gasteiger partial charge in [0.25, 0.3) is 5.91 Å². The van der Waals surface area contributed by atoms with Crippen LogP contribution in [-0.2, 0) is 19.9 Å². The fourth-order valence-corrected chi connectivity index (χ4v) is 2.80. The van der Waals surface area contributed by atoms with Gasteiger partial charge in [-0.25, -0.2) is 4.99 Å². The number of amidine groups is 1. The van der Waals surface area contributed by atoms with E-state index in [1.807, 2.05) is 0 Å². The molecule has 1 aliphatic rings. The van der Waals surface area contributed by atoms with Crippen LogP contribution in [0.2, 0.25) is 0 Å². The van der Waals surface area contributed by atoms with Crippen molar-refractivity contribution in [2.75, 3.05) is 4.90 Å². The third kappa shape index (κ3) is 3.76. The van der Waals surface area contributed by atoms with Crippen LogP contribution in [0.1, 0.15) is 31.9 Å². The number of anilines is 1. The van der Waals surface area contributed by atoms with Gasteiger partial charge in [-0.15, -0.1) is 0 Å². The van der Waals surface area contributed by atoms with Crippen molar-refractivity contribution >= 4 is 34.8 Å². The molecule has 0 N–H and O–H groups in total. The standard InChI is InChI=1S/C15H12F3N3O3S/c1-8(22)24-25-13-20-14(2,3)12(23)21(13)10-5-4-9(7-19)11(6-10)15(16,17)18/h4-6H,1-3H3. The van der Waals surface area contributed by atoms with Crippen molar-refractivity contribution < 1.29 is 26.9 Å². The largest absolute Gasteiger partial charge is 0.417 e. The van der Waals surface area contributed by atoms with Crippen molar-refractivity contribution in [2.24, 2.45) is 4.99 Å². The lowest BCUT2D eigenvalue weighted by atomic mass is 10.0. The minimum absolute atomic E-state index is 0.0666. The maximum atomic E-state index is 13.1. The van der Waals surface area contributed by atoms with Crippen LogP contribution in [0.4, 0.5) is 18.9 Å². The van der Waals surface area contributed by atoms with Gasteiger partial charge in [-0.2, -0.15) is 18.4 Å². The van der Waals surface area contributed by atoms with Crippen LogP contribution in [0.5, 0.6) is 0 Å². The van der Waals surface area contributed by atoms with Crippen LogP contribution in [0, 0.1) is 11.3 Å². The first kappa shape index (κ1) is 18.8. The Morgan fingerprint density at radius 1 is 1.40 bits per heavy atom. The van der Waals surface area contributed by atoms with Gasteiger partial charge in [0.05, 0.1) is 22.9 Å². The number of hydrogen-bond acceptors (Lipinski definition) is 6. The van der Waals surface area contributed by atoms with Gasteiger partial charge in [-0.3, -0.25) is 14.5 Å². The highest BCUT2D eigenvalue weighted by Crippen LogP contribution is 2.37. The molecule has 0 bridgehead atoms. The summed E-state index contributed by atoms with van der Waals surface area (Å²) in [4.78, 5) is 28.5. The monoisotopic (exact) mass is 371 g/mol. The summed E-state index contributed by atoms with van der Waals surface area (Å²) in [5.74, 6) is -1.24. The quantitative estimate of drug-likeness (QED) is 0.708. The second-order valence-electron chi connectivity index (χ2n) is 5.59. The van der Waals surface area contributed by atoms with Crippen LogP contribution in [0.25, 0.3) is 0 Å². The summed E-state index contributed by atoms with van der Waals surface area (Å²) < 4.78 is 44.2. The number of rotatable bonds is 1. The zero-order valence-corrected chi connectivity index (χ0v) is 14.2. The van der Waals surface area contributed by atoms with Gasteiger partial charge in [0.15, 0.2) is 0 Å². The molecule has 1 heterocycles. The molecule has 0 atom stereocenters. The lowest BCUT2D eigenvalue weighted by Crippen LogP contribution is -2.38. The Balaban J connectivity index is 2.51. The van der Waals surface area contributed by atoms with Crippen LogP contribution in [0.3, 0.4) is 0 Å². The molecule has 6 nitrogen and oxygen atoms in total. The number of hydrogen-bond donors (Lipinski definition) is 0. The molecular formula is C15H12F3N3O3S. The molecule has 1 aromatic carbocycles. The zero-order chi connectivity index (χ0) is 19.0. The molecule has 1 aliphatic heterocycles. The lowest BCUT2D eigenvalue weighted by molar-refractivity contribution is -0.137. The number of benzene rings is 1. The van der Waals surface area contributed by atoms with Crippen molar-refractivity contribution in [3.8, 4) is 6.07 Å². The van der Waals surface area contributed by atoms with Crippen molar-refractivity contribution in [3.63, 3.8) is 0 Å². The Bertz CT molecular complexity index is 812. The second kappa shape index (κ2) is 6.40. The number of nitriles is 1. The number of alkyl halides is 3. The third-order valence-corrected chi connectivity index (χ3v) is 3.95. The Hall–Kier alpha value is -2.54. The molecule has 2 rings (SSSR count). The fourth-order valence-electron chi connectivity index (χ4n) is 2.08. The first-order valence-corrected chi connectivity index (χ1v) is 7.62. The zero-order valence-electron chi connectivity index (χ0n) is 13.3. The number of nitrogens with zero attached hydrogens (tertiary/aromatic N) is 3. The molecule has 10 heteroatoms. The highest BCUT2D eigenvalue weighted by atomic mass is 32.2. The molecule has 0 aliphatic carbocycles. The number of halogens is 3. The summed E-state index contributed by atoms with van der Waals surface area (Å²) in [5.41, 5.74) is -3.08. The van der Waals surface area contributed by atoms with E-state index in [1.165, 1.54) is 26.0 Å². The third-order valence-electron chi connectivity index (χ3n) is 3.21. The molecule has 0 unspecified atom stereocenters. The van der Waals surface area contributed by atoms with Crippen LogP contribution in [-0.4, -0.2) is 22.6 Å². The van der Waals surface area contributed by atoms with Gasteiger partial charge in [-0.05, 0) is 32.0 Å². The molecule has 1 aromatic rings. The molecule has 0 fully saturated rings. The van der Waals surface area contributed by atoms with Crippen molar-refractivity contribution in [2.45, 2.75) is 32.5 Å². The second-order valence-corrected chi connectivity index (χ2v) is 6.29. The molecule has 0 radical (unpaired) electrons. The maximum absolute atomic E-state index is 13.1. The van der Waals surface area contributed by atoms with Gasteiger partial charge in [0.2, 0.25) is 5.17 Å². The number of amides is 1. The Morgan fingerprint density at radius 3 is 2.56 bits per heavy atom. The summed E-state index contributed by atoms with van der Waals surface area (Å²) in [6.07, 6.45) is -4.76. The molecule has 0 aromatic heterocycles. The number of carbonyl (C=O) groups excluding carboxylic acids is 2. The van der Waals surface area contributed by atoms with E-state index in [0.717, 1.165) is 17.9 Å². The highest BCUT2D eigenvalue weighted by molar-refractivity contribution is 8.10. The average Bonchev–Trinajstić information content (AvgIpc) is 2.73. The van der Waals surface area contributed by atoms with E-state index < -0.39 is 34.7 Å². The number of aliphatic imine (C=N–C) groups is 1. The highest BCUT2D eigenvalue weighted by Gasteiger charge is 2.44. The lowest BCUT2D eigenvalue weighted by Gasteiger charge is -2.21. The van der Waals surface area contributed by atoms with Crippen molar-refractivity contribution in [1.29, 1.82) is 5.26 Å². The van der Waals surface area contributed by atoms with Gasteiger partial charge in [-0.1, -0.05) is 0 Å². The van der Waals surface area contributed by atoms with Gasteiger partial charge < -0.3 is 4.18 Å². The summed E-state index contributed by atoms with van der Waals surface area (Å²) in [7, 11) is 0. The van der Waals surface area contributed by atoms with E-state index in [0.29, 0.717) is 18.1 Å². The summed E-state index contributed by atoms with van der Waals surface area (Å²) in [5, 5.41) is 8.79. The Labute approximate surface area is 145 Å². The summed E-state index contributed by atoms with van der Waals surface area (Å²) in [6, 6.07) is 4.35. The molecular weight excluding hydrogens is 359 g/mol. The van der Waals surface area contributed by atoms with Gasteiger partial charge >= 0.3 is 12.1 Å². The maximum Gasteiger partial charge on any atom is 0.417 e. The van der Waals surface area contributed by atoms with E-state index in [-0.39, 0.29) is 10.9 Å². The smallest absolute Gasteiger partial charge is 0.383 e. The summed E-state index contributed by atoms with van der Waals surface area (Å²) >= 11 is 0.484. The van der Waals surface area contributed by atoms with E-state index in [9.17, 15) is 22.8 Å². The first-order chi connectivity index (χ1) is 11.5. The fraction of sp³-hybridized carbons (Fsp3) is 0.333. The number of carbonyl (C=O) groups is 2. The topological polar surface area (TPSA) is 82.8 Å². The van der Waals surface area contributed by atoms with Crippen LogP contribution >= 0.6 is 12.0 Å². The van der Waals surface area contributed by atoms with E-state index in [4.69, 9.17) is 9.44 Å². The van der Waals surface area contributed by atoms with Crippen LogP contribution < -0.4 is 4.90 Å². The first-order valence-electron chi connectivity index (χ1n) is 6.88. The summed E-state index contributed by atoms with van der Waals surface area (Å²) in [6.45, 7) is 4.11. The van der Waals surface area contributed by atoms with Crippen molar-refractivity contribution in [3.05, 3.63) is 29.3 Å². The van der Waals surface area contributed by atoms with Gasteiger partial charge in [0.1, 0.15) is 17.6 Å². The van der Waals surface area contributed by atoms with E-state index >= 15 is 0 Å². The van der Waals surface area contributed by atoms with Crippen molar-refractivity contribution in [1.82, 2.24) is 0 Å². The predicted octanol–water partition coefficient (Wildman–Crippen LogP) is 3.27. The Morgan fingerprint density at radius 2 is 2.04 bits per heavy atom. The molecule has 1 amide bonds. The predicted molar refractivity (Wildman–Crippen MR) is 84.5 cm³/mol.